The second-order valence-corrected chi connectivity index (χ2v) is 5.41. The highest BCUT2D eigenvalue weighted by Crippen LogP contribution is 2.16. The predicted octanol–water partition coefficient (Wildman–Crippen LogP) is 1.67. The Morgan fingerprint density at radius 2 is 2.53 bits per heavy atom. The van der Waals surface area contributed by atoms with E-state index >= 15 is 0 Å². The molecule has 94 valence electrons. The Balaban J connectivity index is 2.09. The van der Waals surface area contributed by atoms with Crippen molar-refractivity contribution in [3.63, 3.8) is 0 Å². The zero-order chi connectivity index (χ0) is 12.3. The Labute approximate surface area is 106 Å². The van der Waals surface area contributed by atoms with Crippen LogP contribution in [0, 0.1) is 6.92 Å². The summed E-state index contributed by atoms with van der Waals surface area (Å²) in [7, 11) is 0. The third kappa shape index (κ3) is 2.84. The molecular formula is C12H19N3OS. The van der Waals surface area contributed by atoms with Crippen LogP contribution in [0.1, 0.15) is 35.3 Å². The van der Waals surface area contributed by atoms with Crippen LogP contribution in [-0.4, -0.2) is 41.5 Å². The summed E-state index contributed by atoms with van der Waals surface area (Å²) in [6.07, 6.45) is 2.24. The molecule has 0 radical (unpaired) electrons. The topological polar surface area (TPSA) is 45.2 Å². The molecule has 1 aromatic heterocycles. The summed E-state index contributed by atoms with van der Waals surface area (Å²) in [5.41, 5.74) is 0.597. The van der Waals surface area contributed by atoms with Gasteiger partial charge in [-0.25, -0.2) is 4.98 Å². The van der Waals surface area contributed by atoms with Crippen molar-refractivity contribution in [1.29, 1.82) is 0 Å². The molecule has 0 spiro atoms. The van der Waals surface area contributed by atoms with Crippen molar-refractivity contribution in [2.45, 2.75) is 32.7 Å². The van der Waals surface area contributed by atoms with Gasteiger partial charge in [0, 0.05) is 24.5 Å². The van der Waals surface area contributed by atoms with Crippen LogP contribution in [0.15, 0.2) is 5.38 Å². The molecule has 0 saturated carbocycles. The second-order valence-electron chi connectivity index (χ2n) is 4.34. The first kappa shape index (κ1) is 12.5. The quantitative estimate of drug-likeness (QED) is 0.891. The number of carbonyl (C=O) groups excluding carboxylic acids is 1. The molecule has 2 rings (SSSR count). The van der Waals surface area contributed by atoms with Crippen molar-refractivity contribution in [3.8, 4) is 0 Å². The minimum Gasteiger partial charge on any atom is -0.333 e. The lowest BCUT2D eigenvalue weighted by Crippen LogP contribution is -2.48. The van der Waals surface area contributed by atoms with Gasteiger partial charge in [-0.2, -0.15) is 0 Å². The van der Waals surface area contributed by atoms with Crippen LogP contribution in [0.25, 0.3) is 0 Å². The van der Waals surface area contributed by atoms with Crippen molar-refractivity contribution in [3.05, 3.63) is 16.1 Å². The molecule has 1 aromatic rings. The number of likely N-dealkylation sites (N-methyl/N-ethyl adjacent to an activating group) is 1. The third-order valence-electron chi connectivity index (χ3n) is 3.15. The standard InChI is InChI=1S/C12H19N3OS/c1-3-15(10-5-4-6-13-7-10)12(16)11-8-17-9(2)14-11/h8,10,13H,3-7H2,1-2H3. The number of thiazole rings is 1. The predicted molar refractivity (Wildman–Crippen MR) is 69.5 cm³/mol. The van der Waals surface area contributed by atoms with Gasteiger partial charge < -0.3 is 10.2 Å². The fraction of sp³-hybridized carbons (Fsp3) is 0.667. The van der Waals surface area contributed by atoms with Crippen molar-refractivity contribution < 1.29 is 4.79 Å². The van der Waals surface area contributed by atoms with Crippen molar-refractivity contribution in [2.24, 2.45) is 0 Å². The number of rotatable bonds is 3. The average molecular weight is 253 g/mol. The molecule has 1 aliphatic rings. The number of hydrogen-bond acceptors (Lipinski definition) is 4. The minimum absolute atomic E-state index is 0.0746. The highest BCUT2D eigenvalue weighted by Gasteiger charge is 2.25. The highest BCUT2D eigenvalue weighted by molar-refractivity contribution is 7.09. The molecule has 0 aliphatic carbocycles. The summed E-state index contributed by atoms with van der Waals surface area (Å²) in [6.45, 7) is 6.69. The molecule has 2 heterocycles. The Morgan fingerprint density at radius 3 is 3.06 bits per heavy atom. The van der Waals surface area contributed by atoms with Gasteiger partial charge in [0.15, 0.2) is 0 Å². The van der Waals surface area contributed by atoms with Gasteiger partial charge in [0.25, 0.3) is 5.91 Å². The van der Waals surface area contributed by atoms with E-state index in [1.54, 1.807) is 0 Å². The molecule has 5 heteroatoms. The number of hydrogen-bond donors (Lipinski definition) is 1. The summed E-state index contributed by atoms with van der Waals surface area (Å²) in [5, 5.41) is 6.16. The molecule has 17 heavy (non-hydrogen) atoms. The summed E-state index contributed by atoms with van der Waals surface area (Å²) >= 11 is 1.53. The van der Waals surface area contributed by atoms with Crippen LogP contribution in [-0.2, 0) is 0 Å². The molecule has 4 nitrogen and oxygen atoms in total. The molecule has 1 unspecified atom stereocenters. The number of carbonyl (C=O) groups is 1. The minimum atomic E-state index is 0.0746. The molecule has 1 atom stereocenters. The van der Waals surface area contributed by atoms with Crippen molar-refractivity contribution in [2.75, 3.05) is 19.6 Å². The second kappa shape index (κ2) is 5.60. The fourth-order valence-electron chi connectivity index (χ4n) is 2.28. The van der Waals surface area contributed by atoms with Crippen LogP contribution < -0.4 is 5.32 Å². The summed E-state index contributed by atoms with van der Waals surface area (Å²) in [5.74, 6) is 0.0746. The van der Waals surface area contributed by atoms with Gasteiger partial charge in [-0.3, -0.25) is 4.79 Å². The van der Waals surface area contributed by atoms with Gasteiger partial charge in [-0.05, 0) is 33.2 Å². The van der Waals surface area contributed by atoms with Crippen LogP contribution in [0.5, 0.6) is 0 Å². The SMILES string of the molecule is CCN(C(=O)c1csc(C)n1)C1CCCNC1. The molecule has 0 bridgehead atoms. The first-order valence-corrected chi connectivity index (χ1v) is 7.04. The number of piperidine rings is 1. The van der Waals surface area contributed by atoms with Crippen LogP contribution in [0.2, 0.25) is 0 Å². The fourth-order valence-corrected chi connectivity index (χ4v) is 2.86. The molecular weight excluding hydrogens is 234 g/mol. The van der Waals surface area contributed by atoms with E-state index in [4.69, 9.17) is 0 Å². The zero-order valence-corrected chi connectivity index (χ0v) is 11.2. The van der Waals surface area contributed by atoms with Gasteiger partial charge in [-0.15, -0.1) is 11.3 Å². The highest BCUT2D eigenvalue weighted by atomic mass is 32.1. The maximum absolute atomic E-state index is 12.3. The number of nitrogens with one attached hydrogen (secondary N) is 1. The maximum atomic E-state index is 12.3. The lowest BCUT2D eigenvalue weighted by molar-refractivity contribution is 0.0657. The monoisotopic (exact) mass is 253 g/mol. The molecule has 1 saturated heterocycles. The van der Waals surface area contributed by atoms with Gasteiger partial charge in [0.1, 0.15) is 5.69 Å². The molecule has 1 N–H and O–H groups in total. The van der Waals surface area contributed by atoms with E-state index in [9.17, 15) is 4.79 Å². The maximum Gasteiger partial charge on any atom is 0.273 e. The summed E-state index contributed by atoms with van der Waals surface area (Å²) in [6, 6.07) is 0.322. The molecule has 1 fully saturated rings. The Morgan fingerprint density at radius 1 is 1.71 bits per heavy atom. The first-order valence-electron chi connectivity index (χ1n) is 6.16. The van der Waals surface area contributed by atoms with E-state index in [1.807, 2.05) is 24.1 Å². The van der Waals surface area contributed by atoms with Crippen LogP contribution >= 0.6 is 11.3 Å². The van der Waals surface area contributed by atoms with Gasteiger partial charge in [0.05, 0.1) is 5.01 Å². The van der Waals surface area contributed by atoms with Crippen molar-refractivity contribution >= 4 is 17.2 Å². The van der Waals surface area contributed by atoms with E-state index in [0.29, 0.717) is 11.7 Å². The van der Waals surface area contributed by atoms with E-state index in [2.05, 4.69) is 10.3 Å². The van der Waals surface area contributed by atoms with E-state index in [0.717, 1.165) is 37.5 Å². The molecule has 1 amide bonds. The number of aryl methyl sites for hydroxylation is 1. The summed E-state index contributed by atoms with van der Waals surface area (Å²) < 4.78 is 0. The van der Waals surface area contributed by atoms with Crippen LogP contribution in [0.4, 0.5) is 0 Å². The Hall–Kier alpha value is -0.940. The van der Waals surface area contributed by atoms with Crippen molar-refractivity contribution in [1.82, 2.24) is 15.2 Å². The molecule has 1 aliphatic heterocycles. The van der Waals surface area contributed by atoms with Crippen LogP contribution in [0.3, 0.4) is 0 Å². The molecule has 0 aromatic carbocycles. The largest absolute Gasteiger partial charge is 0.333 e. The van der Waals surface area contributed by atoms with Gasteiger partial charge in [0.2, 0.25) is 0 Å². The number of aromatic nitrogens is 1. The number of amides is 1. The smallest absolute Gasteiger partial charge is 0.273 e. The average Bonchev–Trinajstić information content (AvgIpc) is 2.78. The van der Waals surface area contributed by atoms with E-state index < -0.39 is 0 Å². The summed E-state index contributed by atoms with van der Waals surface area (Å²) in [4.78, 5) is 18.6. The van der Waals surface area contributed by atoms with E-state index in [1.165, 1.54) is 11.3 Å². The lowest BCUT2D eigenvalue weighted by Gasteiger charge is -2.33. The van der Waals surface area contributed by atoms with Gasteiger partial charge >= 0.3 is 0 Å². The number of nitrogens with zero attached hydrogens (tertiary/aromatic N) is 2. The Bertz CT molecular complexity index is 385. The normalized spacial score (nSPS) is 20.2. The third-order valence-corrected chi connectivity index (χ3v) is 3.92. The van der Waals surface area contributed by atoms with Gasteiger partial charge in [-0.1, -0.05) is 0 Å². The first-order chi connectivity index (χ1) is 8.22. The zero-order valence-electron chi connectivity index (χ0n) is 10.4. The van der Waals surface area contributed by atoms with E-state index in [-0.39, 0.29) is 5.91 Å². The Kier molecular flexibility index (Phi) is 4.12. The lowest BCUT2D eigenvalue weighted by atomic mass is 10.1.